The molecule has 0 aliphatic carbocycles. The lowest BCUT2D eigenvalue weighted by atomic mass is 10.1. The second-order valence-corrected chi connectivity index (χ2v) is 4.10. The van der Waals surface area contributed by atoms with Gasteiger partial charge in [-0.1, -0.05) is 6.07 Å². The molecule has 17 heavy (non-hydrogen) atoms. The van der Waals surface area contributed by atoms with Gasteiger partial charge in [-0.3, -0.25) is 0 Å². The van der Waals surface area contributed by atoms with Crippen molar-refractivity contribution in [1.29, 1.82) is 0 Å². The molecule has 0 radical (unpaired) electrons. The van der Waals surface area contributed by atoms with Gasteiger partial charge in [-0.2, -0.15) is 0 Å². The highest BCUT2D eigenvalue weighted by molar-refractivity contribution is 5.30. The number of aliphatic hydroxyl groups is 1. The molecule has 0 saturated heterocycles. The van der Waals surface area contributed by atoms with Crippen LogP contribution in [0.1, 0.15) is 37.8 Å². The Labute approximate surface area is 101 Å². The van der Waals surface area contributed by atoms with Crippen LogP contribution in [0.15, 0.2) is 18.2 Å². The summed E-state index contributed by atoms with van der Waals surface area (Å²) in [5, 5.41) is 8.60. The first-order valence-electron chi connectivity index (χ1n) is 5.94. The van der Waals surface area contributed by atoms with E-state index in [0.717, 1.165) is 19.3 Å². The fraction of sp³-hybridized carbons (Fsp3) is 0.538. The van der Waals surface area contributed by atoms with E-state index in [1.807, 2.05) is 0 Å². The zero-order valence-electron chi connectivity index (χ0n) is 10.2. The lowest BCUT2D eigenvalue weighted by Crippen LogP contribution is -2.07. The molecule has 0 heterocycles. The summed E-state index contributed by atoms with van der Waals surface area (Å²) >= 11 is 0. The predicted octanol–water partition coefficient (Wildman–Crippen LogP) is 2.39. The maximum absolute atomic E-state index is 13.5. The van der Waals surface area contributed by atoms with Crippen LogP contribution in [-0.4, -0.2) is 18.3 Å². The number of hydrogen-bond acceptors (Lipinski definition) is 3. The normalized spacial score (nSPS) is 12.5. The molecule has 1 atom stereocenters. The average Bonchev–Trinajstić information content (AvgIpc) is 2.28. The number of unbranched alkanes of at least 4 members (excludes halogenated alkanes) is 2. The van der Waals surface area contributed by atoms with E-state index in [-0.39, 0.29) is 18.5 Å². The molecule has 0 spiro atoms. The van der Waals surface area contributed by atoms with Gasteiger partial charge in [0.15, 0.2) is 0 Å². The van der Waals surface area contributed by atoms with E-state index in [4.69, 9.17) is 15.6 Å². The van der Waals surface area contributed by atoms with E-state index in [2.05, 4.69) is 0 Å². The van der Waals surface area contributed by atoms with Crippen LogP contribution < -0.4 is 10.5 Å². The summed E-state index contributed by atoms with van der Waals surface area (Å²) in [6.45, 7) is 2.49. The highest BCUT2D eigenvalue weighted by Crippen LogP contribution is 2.20. The Hall–Kier alpha value is -1.13. The molecule has 0 saturated carbocycles. The van der Waals surface area contributed by atoms with Gasteiger partial charge in [-0.25, -0.2) is 4.39 Å². The number of halogens is 1. The molecule has 0 fully saturated rings. The van der Waals surface area contributed by atoms with Gasteiger partial charge in [0.25, 0.3) is 0 Å². The highest BCUT2D eigenvalue weighted by Gasteiger charge is 2.07. The van der Waals surface area contributed by atoms with E-state index in [1.165, 1.54) is 6.07 Å². The van der Waals surface area contributed by atoms with Crippen molar-refractivity contribution in [1.82, 2.24) is 0 Å². The van der Waals surface area contributed by atoms with Gasteiger partial charge in [-0.05, 0) is 32.3 Å². The topological polar surface area (TPSA) is 55.5 Å². The molecule has 3 N–H and O–H groups in total. The maximum atomic E-state index is 13.5. The maximum Gasteiger partial charge on any atom is 0.131 e. The second kappa shape index (κ2) is 7.25. The summed E-state index contributed by atoms with van der Waals surface area (Å²) in [4.78, 5) is 0. The van der Waals surface area contributed by atoms with Crippen molar-refractivity contribution in [3.63, 3.8) is 0 Å². The van der Waals surface area contributed by atoms with Gasteiger partial charge in [0, 0.05) is 24.3 Å². The molecule has 1 aromatic rings. The third kappa shape index (κ3) is 4.71. The van der Waals surface area contributed by atoms with Crippen molar-refractivity contribution in [3.05, 3.63) is 29.6 Å². The molecule has 1 rings (SSSR count). The zero-order valence-corrected chi connectivity index (χ0v) is 10.2. The number of nitrogens with two attached hydrogens (primary N) is 1. The van der Waals surface area contributed by atoms with Crippen molar-refractivity contribution in [3.8, 4) is 5.75 Å². The molecule has 96 valence electrons. The van der Waals surface area contributed by atoms with Crippen molar-refractivity contribution in [2.24, 2.45) is 5.73 Å². The molecule has 0 bridgehead atoms. The van der Waals surface area contributed by atoms with Crippen molar-refractivity contribution in [2.75, 3.05) is 13.2 Å². The molecule has 1 aromatic carbocycles. The molecule has 4 heteroatoms. The molecule has 0 unspecified atom stereocenters. The van der Waals surface area contributed by atoms with E-state index < -0.39 is 0 Å². The van der Waals surface area contributed by atoms with Crippen LogP contribution in [0.2, 0.25) is 0 Å². The van der Waals surface area contributed by atoms with Crippen LogP contribution in [0.4, 0.5) is 4.39 Å². The van der Waals surface area contributed by atoms with E-state index in [9.17, 15) is 4.39 Å². The number of benzene rings is 1. The molecular weight excluding hydrogens is 221 g/mol. The molecule has 0 amide bonds. The Morgan fingerprint density at radius 1 is 1.35 bits per heavy atom. The quantitative estimate of drug-likeness (QED) is 0.721. The first kappa shape index (κ1) is 13.9. The van der Waals surface area contributed by atoms with E-state index >= 15 is 0 Å². The molecule has 0 aromatic heterocycles. The predicted molar refractivity (Wildman–Crippen MR) is 65.4 cm³/mol. The summed E-state index contributed by atoms with van der Waals surface area (Å²) in [7, 11) is 0. The minimum Gasteiger partial charge on any atom is -0.493 e. The largest absolute Gasteiger partial charge is 0.493 e. The van der Waals surface area contributed by atoms with Crippen LogP contribution in [0.3, 0.4) is 0 Å². The monoisotopic (exact) mass is 241 g/mol. The summed E-state index contributed by atoms with van der Waals surface area (Å²) in [5.41, 5.74) is 6.11. The molecular formula is C13H20FNO2. The minimum absolute atomic E-state index is 0.206. The molecule has 0 aliphatic rings. The smallest absolute Gasteiger partial charge is 0.131 e. The standard InChI is InChI=1S/C13H20FNO2/c1-10(15)12-6-5-11(9-13(12)14)17-8-4-2-3-7-16/h5-6,9-10,16H,2-4,7-8,15H2,1H3/t10-/m0/s1. The van der Waals surface area contributed by atoms with Gasteiger partial charge in [0.1, 0.15) is 11.6 Å². The van der Waals surface area contributed by atoms with Crippen LogP contribution in [0.5, 0.6) is 5.75 Å². The van der Waals surface area contributed by atoms with Gasteiger partial charge >= 0.3 is 0 Å². The molecule has 3 nitrogen and oxygen atoms in total. The third-order valence-corrected chi connectivity index (χ3v) is 2.53. The summed E-state index contributed by atoms with van der Waals surface area (Å²) < 4.78 is 18.9. The molecule has 0 aliphatic heterocycles. The Morgan fingerprint density at radius 2 is 2.12 bits per heavy atom. The number of rotatable bonds is 7. The summed E-state index contributed by atoms with van der Waals surface area (Å²) in [6.07, 6.45) is 2.55. The summed E-state index contributed by atoms with van der Waals surface area (Å²) in [5.74, 6) is 0.198. The number of hydrogen-bond donors (Lipinski definition) is 2. The van der Waals surface area contributed by atoms with Crippen molar-refractivity contribution >= 4 is 0 Å². The van der Waals surface area contributed by atoms with Gasteiger partial charge in [0.2, 0.25) is 0 Å². The number of aliphatic hydroxyl groups excluding tert-OH is 1. The van der Waals surface area contributed by atoms with Gasteiger partial charge < -0.3 is 15.6 Å². The fourth-order valence-electron chi connectivity index (χ4n) is 1.55. The number of ether oxygens (including phenoxy) is 1. The Morgan fingerprint density at radius 3 is 2.71 bits per heavy atom. The van der Waals surface area contributed by atoms with Crippen LogP contribution >= 0.6 is 0 Å². The lowest BCUT2D eigenvalue weighted by molar-refractivity contribution is 0.265. The van der Waals surface area contributed by atoms with Crippen LogP contribution in [0, 0.1) is 5.82 Å². The van der Waals surface area contributed by atoms with E-state index in [1.54, 1.807) is 19.1 Å². The average molecular weight is 241 g/mol. The first-order chi connectivity index (χ1) is 8.15. The van der Waals surface area contributed by atoms with Crippen LogP contribution in [-0.2, 0) is 0 Å². The third-order valence-electron chi connectivity index (χ3n) is 2.53. The van der Waals surface area contributed by atoms with Crippen molar-refractivity contribution < 1.29 is 14.2 Å². The highest BCUT2D eigenvalue weighted by atomic mass is 19.1. The zero-order chi connectivity index (χ0) is 12.7. The van der Waals surface area contributed by atoms with Gasteiger partial charge in [-0.15, -0.1) is 0 Å². The minimum atomic E-state index is -0.326. The first-order valence-corrected chi connectivity index (χ1v) is 5.94. The lowest BCUT2D eigenvalue weighted by Gasteiger charge is -2.10. The summed E-state index contributed by atoms with van der Waals surface area (Å²) in [6, 6.07) is 4.44. The van der Waals surface area contributed by atoms with E-state index in [0.29, 0.717) is 17.9 Å². The van der Waals surface area contributed by atoms with Gasteiger partial charge in [0.05, 0.1) is 6.61 Å². The Kier molecular flexibility index (Phi) is 5.94. The SMILES string of the molecule is C[C@H](N)c1ccc(OCCCCCO)cc1F. The fourth-order valence-corrected chi connectivity index (χ4v) is 1.55. The second-order valence-electron chi connectivity index (χ2n) is 4.10. The van der Waals surface area contributed by atoms with Crippen molar-refractivity contribution in [2.45, 2.75) is 32.2 Å². The Balaban J connectivity index is 2.42. The Bertz CT molecular complexity index is 342. The van der Waals surface area contributed by atoms with Crippen LogP contribution in [0.25, 0.3) is 0 Å².